The van der Waals surface area contributed by atoms with Gasteiger partial charge in [0, 0.05) is 18.2 Å². The van der Waals surface area contributed by atoms with Crippen molar-refractivity contribution in [3.8, 4) is 0 Å². The first-order valence-corrected chi connectivity index (χ1v) is 10.1. The average molecular weight is 437 g/mol. The summed E-state index contributed by atoms with van der Waals surface area (Å²) in [5, 5.41) is 8.76. The van der Waals surface area contributed by atoms with Crippen LogP contribution in [-0.2, 0) is 22.5 Å². The number of hydrogen-bond acceptors (Lipinski definition) is 6. The van der Waals surface area contributed by atoms with E-state index in [1.807, 2.05) is 30.5 Å². The van der Waals surface area contributed by atoms with E-state index < -0.39 is 11.7 Å². The second kappa shape index (κ2) is 10.8. The van der Waals surface area contributed by atoms with E-state index in [1.54, 1.807) is 20.0 Å². The first kappa shape index (κ1) is 23.5. The van der Waals surface area contributed by atoms with E-state index in [0.29, 0.717) is 22.0 Å². The lowest BCUT2D eigenvalue weighted by molar-refractivity contribution is -0.137. The summed E-state index contributed by atoms with van der Waals surface area (Å²) in [6, 6.07) is 12.4. The molecule has 0 atom stereocenters. The maximum absolute atomic E-state index is 12.9. The van der Waals surface area contributed by atoms with Crippen molar-refractivity contribution >= 4 is 28.2 Å². The molecule has 0 amide bonds. The Labute approximate surface area is 177 Å². The van der Waals surface area contributed by atoms with E-state index in [-0.39, 0.29) is 6.61 Å². The van der Waals surface area contributed by atoms with Gasteiger partial charge < -0.3 is 9.68 Å². The number of thioether (sulfide) groups is 1. The molecule has 0 heterocycles. The van der Waals surface area contributed by atoms with Crippen LogP contribution in [-0.4, -0.2) is 36.9 Å². The van der Waals surface area contributed by atoms with Gasteiger partial charge in [-0.05, 0) is 30.9 Å². The number of aliphatic imine (C=N–C) groups is 1. The highest BCUT2D eigenvalue weighted by atomic mass is 32.2. The summed E-state index contributed by atoms with van der Waals surface area (Å²) in [4.78, 5) is 14.6. The lowest BCUT2D eigenvalue weighted by Gasteiger charge is -2.12. The minimum atomic E-state index is -4.41. The van der Waals surface area contributed by atoms with Gasteiger partial charge in [-0.15, -0.1) is 11.8 Å². The predicted octanol–water partition coefficient (Wildman–Crippen LogP) is 5.39. The van der Waals surface area contributed by atoms with Crippen molar-refractivity contribution in [2.75, 3.05) is 20.4 Å². The quantitative estimate of drug-likeness (QED) is 0.332. The number of oxime groups is 2. The van der Waals surface area contributed by atoms with Crippen molar-refractivity contribution in [3.63, 3.8) is 0 Å². The van der Waals surface area contributed by atoms with E-state index in [2.05, 4.69) is 15.3 Å². The fourth-order valence-corrected chi connectivity index (χ4v) is 3.16. The summed E-state index contributed by atoms with van der Waals surface area (Å²) in [6.07, 6.45) is -2.53. The molecule has 30 heavy (non-hydrogen) atoms. The first-order valence-electron chi connectivity index (χ1n) is 8.86. The van der Waals surface area contributed by atoms with Gasteiger partial charge in [0.05, 0.1) is 11.3 Å². The van der Waals surface area contributed by atoms with Gasteiger partial charge in [0.15, 0.2) is 0 Å². The Hall–Kier alpha value is -2.81. The number of benzene rings is 2. The van der Waals surface area contributed by atoms with Gasteiger partial charge in [-0.1, -0.05) is 46.7 Å². The highest BCUT2D eigenvalue weighted by molar-refractivity contribution is 8.15. The zero-order valence-electron chi connectivity index (χ0n) is 17.0. The van der Waals surface area contributed by atoms with Crippen molar-refractivity contribution in [3.05, 3.63) is 70.8 Å². The molecule has 0 spiro atoms. The highest BCUT2D eigenvalue weighted by Crippen LogP contribution is 2.29. The van der Waals surface area contributed by atoms with Crippen LogP contribution in [0.3, 0.4) is 0 Å². The lowest BCUT2D eigenvalue weighted by atomic mass is 10.0. The summed E-state index contributed by atoms with van der Waals surface area (Å²) >= 11 is 1.43. The molecule has 9 heteroatoms. The third-order valence-electron chi connectivity index (χ3n) is 4.08. The molecule has 0 bridgehead atoms. The Morgan fingerprint density at radius 3 is 2.43 bits per heavy atom. The van der Waals surface area contributed by atoms with Crippen LogP contribution in [0, 0.1) is 0 Å². The molecule has 0 saturated heterocycles. The molecule has 0 N–H and O–H groups in total. The Morgan fingerprint density at radius 1 is 1.07 bits per heavy atom. The molecular formula is C21H22F3N3O2S. The minimum absolute atomic E-state index is 0.0978. The molecule has 0 radical (unpaired) electrons. The number of nitrogens with zero attached hydrogens (tertiary/aromatic N) is 3. The van der Waals surface area contributed by atoms with Gasteiger partial charge in [-0.2, -0.15) is 13.2 Å². The fraction of sp³-hybridized carbons (Fsp3) is 0.286. The van der Waals surface area contributed by atoms with Gasteiger partial charge in [0.25, 0.3) is 0 Å². The van der Waals surface area contributed by atoms with Crippen LogP contribution in [0.2, 0.25) is 0 Å². The van der Waals surface area contributed by atoms with Gasteiger partial charge >= 0.3 is 6.18 Å². The fourth-order valence-electron chi connectivity index (χ4n) is 2.64. The second-order valence-electron chi connectivity index (χ2n) is 6.04. The molecule has 5 nitrogen and oxygen atoms in total. The monoisotopic (exact) mass is 437 g/mol. The molecule has 2 aromatic rings. The zero-order valence-corrected chi connectivity index (χ0v) is 17.8. The molecule has 0 aliphatic heterocycles. The Bertz CT molecular complexity index is 957. The van der Waals surface area contributed by atoms with E-state index in [1.165, 1.54) is 24.9 Å². The third kappa shape index (κ3) is 6.09. The lowest BCUT2D eigenvalue weighted by Crippen LogP contribution is -2.15. The molecule has 0 saturated carbocycles. The van der Waals surface area contributed by atoms with Crippen LogP contribution in [0.25, 0.3) is 0 Å². The summed E-state index contributed by atoms with van der Waals surface area (Å²) in [5.74, 6) is 0. The summed E-state index contributed by atoms with van der Waals surface area (Å²) in [7, 11) is 3.12. The molecular weight excluding hydrogens is 415 g/mol. The zero-order chi connectivity index (χ0) is 22.1. The minimum Gasteiger partial charge on any atom is -0.399 e. The first-order chi connectivity index (χ1) is 14.3. The van der Waals surface area contributed by atoms with Crippen molar-refractivity contribution in [1.29, 1.82) is 0 Å². The van der Waals surface area contributed by atoms with E-state index in [4.69, 9.17) is 9.68 Å². The molecule has 160 valence electrons. The van der Waals surface area contributed by atoms with E-state index >= 15 is 0 Å². The summed E-state index contributed by atoms with van der Waals surface area (Å²) < 4.78 is 38.7. The maximum atomic E-state index is 12.9. The average Bonchev–Trinajstić information content (AvgIpc) is 2.74. The van der Waals surface area contributed by atoms with Gasteiger partial charge in [0.1, 0.15) is 24.5 Å². The smallest absolute Gasteiger partial charge is 0.399 e. The van der Waals surface area contributed by atoms with Gasteiger partial charge in [-0.25, -0.2) is 0 Å². The predicted molar refractivity (Wildman–Crippen MR) is 115 cm³/mol. The van der Waals surface area contributed by atoms with Crippen LogP contribution in [0.4, 0.5) is 13.2 Å². The van der Waals surface area contributed by atoms with Crippen LogP contribution >= 0.6 is 11.8 Å². The number of alkyl halides is 3. The van der Waals surface area contributed by atoms with Crippen molar-refractivity contribution in [1.82, 2.24) is 0 Å². The standard InChI is InChI=1S/C21H22F3N3O2S/c1-14(15-9-7-10-17(12-15)21(22,23)24)26-29-13-16-8-5-6-11-18(16)19(27-28-3)20(25-2)30-4/h5-12H,13H2,1-4H3/b25-20?,26-14+,27-19-. The Kier molecular flexibility index (Phi) is 8.46. The summed E-state index contributed by atoms with van der Waals surface area (Å²) in [6.45, 7) is 1.69. The molecule has 2 rings (SSSR count). The van der Waals surface area contributed by atoms with Gasteiger partial charge in [0.2, 0.25) is 0 Å². The topological polar surface area (TPSA) is 55.5 Å². The number of halogens is 3. The molecule has 0 aliphatic carbocycles. The van der Waals surface area contributed by atoms with Crippen LogP contribution in [0.5, 0.6) is 0 Å². The van der Waals surface area contributed by atoms with E-state index in [0.717, 1.165) is 23.3 Å². The number of hydrogen-bond donors (Lipinski definition) is 0. The van der Waals surface area contributed by atoms with Gasteiger partial charge in [-0.3, -0.25) is 4.99 Å². The van der Waals surface area contributed by atoms with Crippen molar-refractivity contribution in [2.24, 2.45) is 15.3 Å². The Balaban J connectivity index is 2.24. The third-order valence-corrected chi connectivity index (χ3v) is 4.85. The normalized spacial score (nSPS) is 13.4. The summed E-state index contributed by atoms with van der Waals surface area (Å²) in [5.41, 5.74) is 2.05. The second-order valence-corrected chi connectivity index (χ2v) is 6.84. The van der Waals surface area contributed by atoms with Crippen LogP contribution < -0.4 is 0 Å². The molecule has 0 unspecified atom stereocenters. The SMILES string of the molecule is CN=C(SC)/C(=N\OC)c1ccccc1CO/N=C(\C)c1cccc(C(F)(F)F)c1. The highest BCUT2D eigenvalue weighted by Gasteiger charge is 2.30. The molecule has 0 aromatic heterocycles. The van der Waals surface area contributed by atoms with Crippen molar-refractivity contribution in [2.45, 2.75) is 19.7 Å². The largest absolute Gasteiger partial charge is 0.416 e. The molecule has 0 aliphatic rings. The van der Waals surface area contributed by atoms with Crippen LogP contribution in [0.1, 0.15) is 29.2 Å². The Morgan fingerprint density at radius 2 is 1.80 bits per heavy atom. The van der Waals surface area contributed by atoms with Crippen LogP contribution in [0.15, 0.2) is 63.8 Å². The van der Waals surface area contributed by atoms with E-state index in [9.17, 15) is 13.2 Å². The number of rotatable bonds is 7. The molecule has 0 fully saturated rings. The maximum Gasteiger partial charge on any atom is 0.416 e. The molecule has 2 aromatic carbocycles. The van der Waals surface area contributed by atoms with Crippen molar-refractivity contribution < 1.29 is 22.8 Å².